The minimum Gasteiger partial charge on any atom is -0.393 e. The first-order chi connectivity index (χ1) is 13.2. The lowest BCUT2D eigenvalue weighted by atomic mass is 9.92. The molecule has 2 N–H and O–H groups in total. The van der Waals surface area contributed by atoms with Crippen molar-refractivity contribution in [2.24, 2.45) is 5.92 Å². The van der Waals surface area contributed by atoms with Crippen LogP contribution in [0.4, 0.5) is 5.82 Å². The topological polar surface area (TPSA) is 70.4 Å². The Bertz CT molecular complexity index is 785. The molecule has 1 saturated heterocycles. The van der Waals surface area contributed by atoms with Gasteiger partial charge in [-0.15, -0.1) is 0 Å². The molecule has 1 fully saturated rings. The van der Waals surface area contributed by atoms with E-state index in [0.29, 0.717) is 18.3 Å². The molecule has 6 nitrogen and oxygen atoms in total. The molecule has 1 unspecified atom stereocenters. The Labute approximate surface area is 167 Å². The van der Waals surface area contributed by atoms with Gasteiger partial charge in [0, 0.05) is 11.5 Å². The zero-order chi connectivity index (χ0) is 20.3. The summed E-state index contributed by atoms with van der Waals surface area (Å²) in [6, 6.07) is 11.8. The van der Waals surface area contributed by atoms with Crippen LogP contribution in [0, 0.1) is 5.92 Å². The summed E-state index contributed by atoms with van der Waals surface area (Å²) in [5, 5.41) is 17.5. The Balaban J connectivity index is 1.71. The Morgan fingerprint density at radius 1 is 1.25 bits per heavy atom. The number of carbonyl (C=O) groups excluding carboxylic acids is 1. The average Bonchev–Trinajstić information content (AvgIpc) is 3.07. The standard InChI is InChI=1S/C22H32N4O2/c1-16(27)17-10-12-25(13-11-17)15-21(28)23-20-14-19(22(2,3)4)24-26(20)18-8-6-5-7-9-18/h5-9,14,16-17,27H,10-13,15H2,1-4H3,(H,23,28). The van der Waals surface area contributed by atoms with Crippen molar-refractivity contribution in [3.63, 3.8) is 0 Å². The van der Waals surface area contributed by atoms with Gasteiger partial charge in [-0.25, -0.2) is 4.68 Å². The van der Waals surface area contributed by atoms with E-state index in [1.54, 1.807) is 4.68 Å². The molecule has 1 atom stereocenters. The van der Waals surface area contributed by atoms with Crippen molar-refractivity contribution < 1.29 is 9.90 Å². The van der Waals surface area contributed by atoms with E-state index in [2.05, 4.69) is 31.0 Å². The number of aliphatic hydroxyl groups is 1. The van der Waals surface area contributed by atoms with Crippen molar-refractivity contribution in [3.05, 3.63) is 42.1 Å². The van der Waals surface area contributed by atoms with Gasteiger partial charge in [-0.2, -0.15) is 5.10 Å². The van der Waals surface area contributed by atoms with Gasteiger partial charge in [0.05, 0.1) is 24.0 Å². The number of nitrogens with zero attached hydrogens (tertiary/aromatic N) is 3. The van der Waals surface area contributed by atoms with E-state index < -0.39 is 0 Å². The fraction of sp³-hybridized carbons (Fsp3) is 0.545. The van der Waals surface area contributed by atoms with Crippen LogP contribution in [-0.4, -0.2) is 51.4 Å². The summed E-state index contributed by atoms with van der Waals surface area (Å²) >= 11 is 0. The molecule has 2 aromatic rings. The molecule has 1 aliphatic rings. The van der Waals surface area contributed by atoms with E-state index in [1.807, 2.05) is 43.3 Å². The van der Waals surface area contributed by atoms with Gasteiger partial charge in [-0.1, -0.05) is 39.0 Å². The largest absolute Gasteiger partial charge is 0.393 e. The molecule has 152 valence electrons. The van der Waals surface area contributed by atoms with Gasteiger partial charge in [0.25, 0.3) is 0 Å². The third-order valence-corrected chi connectivity index (χ3v) is 5.43. The summed E-state index contributed by atoms with van der Waals surface area (Å²) in [6.07, 6.45) is 1.59. The SMILES string of the molecule is CC(O)C1CCN(CC(=O)Nc2cc(C(C)(C)C)nn2-c2ccccc2)CC1. The number of aromatic nitrogens is 2. The average molecular weight is 385 g/mol. The maximum absolute atomic E-state index is 12.7. The molecule has 0 radical (unpaired) electrons. The van der Waals surface area contributed by atoms with Crippen LogP contribution in [0.25, 0.3) is 5.69 Å². The number of likely N-dealkylation sites (tertiary alicyclic amines) is 1. The number of benzene rings is 1. The molecular formula is C22H32N4O2. The second kappa shape index (κ2) is 8.45. The van der Waals surface area contributed by atoms with E-state index >= 15 is 0 Å². The number of amides is 1. The maximum atomic E-state index is 12.7. The van der Waals surface area contributed by atoms with E-state index in [1.165, 1.54) is 0 Å². The van der Waals surface area contributed by atoms with Crippen LogP contribution in [0.1, 0.15) is 46.2 Å². The van der Waals surface area contributed by atoms with Crippen molar-refractivity contribution in [1.29, 1.82) is 0 Å². The number of nitrogens with one attached hydrogen (secondary N) is 1. The second-order valence-electron chi connectivity index (χ2n) is 8.81. The predicted molar refractivity (Wildman–Crippen MR) is 112 cm³/mol. The molecular weight excluding hydrogens is 352 g/mol. The van der Waals surface area contributed by atoms with Gasteiger partial charge in [0.1, 0.15) is 5.82 Å². The van der Waals surface area contributed by atoms with Crippen molar-refractivity contribution in [3.8, 4) is 5.69 Å². The zero-order valence-electron chi connectivity index (χ0n) is 17.4. The fourth-order valence-corrected chi connectivity index (χ4v) is 3.58. The Kier molecular flexibility index (Phi) is 6.20. The molecule has 1 aromatic carbocycles. The lowest BCUT2D eigenvalue weighted by Crippen LogP contribution is -2.41. The highest BCUT2D eigenvalue weighted by Crippen LogP contribution is 2.26. The molecule has 0 saturated carbocycles. The summed E-state index contributed by atoms with van der Waals surface area (Å²) in [5.74, 6) is 1.00. The molecule has 1 aliphatic heterocycles. The van der Waals surface area contributed by atoms with Crippen LogP contribution in [0.5, 0.6) is 0 Å². The number of carbonyl (C=O) groups is 1. The summed E-state index contributed by atoms with van der Waals surface area (Å²) in [4.78, 5) is 14.9. The summed E-state index contributed by atoms with van der Waals surface area (Å²) < 4.78 is 1.80. The smallest absolute Gasteiger partial charge is 0.239 e. The summed E-state index contributed by atoms with van der Waals surface area (Å²) in [6.45, 7) is 10.2. The van der Waals surface area contributed by atoms with Crippen LogP contribution in [-0.2, 0) is 10.2 Å². The quantitative estimate of drug-likeness (QED) is 0.831. The third-order valence-electron chi connectivity index (χ3n) is 5.43. The molecule has 1 amide bonds. The lowest BCUT2D eigenvalue weighted by molar-refractivity contribution is -0.117. The number of hydrogen-bond donors (Lipinski definition) is 2. The Morgan fingerprint density at radius 3 is 2.46 bits per heavy atom. The number of piperidine rings is 1. The van der Waals surface area contributed by atoms with Gasteiger partial charge in [0.2, 0.25) is 5.91 Å². The minimum absolute atomic E-state index is 0.0342. The van der Waals surface area contributed by atoms with Gasteiger partial charge < -0.3 is 10.4 Å². The van der Waals surface area contributed by atoms with E-state index in [9.17, 15) is 9.90 Å². The summed E-state index contributed by atoms with van der Waals surface area (Å²) in [7, 11) is 0. The highest BCUT2D eigenvalue weighted by atomic mass is 16.3. The molecule has 28 heavy (non-hydrogen) atoms. The fourth-order valence-electron chi connectivity index (χ4n) is 3.58. The highest BCUT2D eigenvalue weighted by Gasteiger charge is 2.25. The molecule has 0 aliphatic carbocycles. The van der Waals surface area contributed by atoms with Crippen molar-refractivity contribution in [2.45, 2.75) is 52.1 Å². The van der Waals surface area contributed by atoms with Crippen LogP contribution in [0.15, 0.2) is 36.4 Å². The normalized spacial score (nSPS) is 17.5. The molecule has 0 bridgehead atoms. The van der Waals surface area contributed by atoms with E-state index in [-0.39, 0.29) is 17.4 Å². The lowest BCUT2D eigenvalue weighted by Gasteiger charge is -2.32. The highest BCUT2D eigenvalue weighted by molar-refractivity contribution is 5.91. The Morgan fingerprint density at radius 2 is 1.89 bits per heavy atom. The monoisotopic (exact) mass is 384 g/mol. The third kappa shape index (κ3) is 5.00. The van der Waals surface area contributed by atoms with Crippen LogP contribution in [0.2, 0.25) is 0 Å². The number of aliphatic hydroxyl groups excluding tert-OH is 1. The minimum atomic E-state index is -0.271. The van der Waals surface area contributed by atoms with E-state index in [0.717, 1.165) is 37.3 Å². The second-order valence-corrected chi connectivity index (χ2v) is 8.81. The van der Waals surface area contributed by atoms with Crippen LogP contribution < -0.4 is 5.32 Å². The molecule has 0 spiro atoms. The van der Waals surface area contributed by atoms with Crippen molar-refractivity contribution in [1.82, 2.24) is 14.7 Å². The molecule has 2 heterocycles. The summed E-state index contributed by atoms with van der Waals surface area (Å²) in [5.41, 5.74) is 1.75. The zero-order valence-corrected chi connectivity index (χ0v) is 17.4. The predicted octanol–water partition coefficient (Wildman–Crippen LogP) is 3.20. The maximum Gasteiger partial charge on any atom is 0.239 e. The first-order valence-corrected chi connectivity index (χ1v) is 10.1. The Hall–Kier alpha value is -2.18. The number of anilines is 1. The van der Waals surface area contributed by atoms with Gasteiger partial charge in [-0.3, -0.25) is 9.69 Å². The molecule has 1 aromatic heterocycles. The van der Waals surface area contributed by atoms with E-state index in [4.69, 9.17) is 5.10 Å². The van der Waals surface area contributed by atoms with Crippen molar-refractivity contribution >= 4 is 11.7 Å². The van der Waals surface area contributed by atoms with Gasteiger partial charge in [-0.05, 0) is 50.9 Å². The molecule has 3 rings (SSSR count). The van der Waals surface area contributed by atoms with Crippen LogP contribution in [0.3, 0.4) is 0 Å². The van der Waals surface area contributed by atoms with Gasteiger partial charge in [0.15, 0.2) is 0 Å². The van der Waals surface area contributed by atoms with Crippen LogP contribution >= 0.6 is 0 Å². The number of rotatable bonds is 5. The number of hydrogen-bond acceptors (Lipinski definition) is 4. The first kappa shape index (κ1) is 20.6. The number of para-hydroxylation sites is 1. The molecule has 6 heteroatoms. The van der Waals surface area contributed by atoms with Crippen molar-refractivity contribution in [2.75, 3.05) is 25.0 Å². The first-order valence-electron chi connectivity index (χ1n) is 10.1. The van der Waals surface area contributed by atoms with Gasteiger partial charge >= 0.3 is 0 Å².